The fraction of sp³-hybridized carbons (Fsp3) is 0.278. The second-order valence-electron chi connectivity index (χ2n) is 11.0. The number of carbonyl (C=O) groups is 2. The average molecular weight is 628 g/mol. The van der Waals surface area contributed by atoms with Crippen LogP contribution in [-0.2, 0) is 32.6 Å². The van der Waals surface area contributed by atoms with Crippen molar-refractivity contribution in [3.8, 4) is 5.75 Å². The normalized spacial score (nSPS) is 11.8. The van der Waals surface area contributed by atoms with E-state index in [1.54, 1.807) is 49.6 Å². The van der Waals surface area contributed by atoms with Crippen LogP contribution in [0, 0.1) is 20.8 Å². The number of carbonyl (C=O) groups excluding carboxylic acids is 2. The van der Waals surface area contributed by atoms with Gasteiger partial charge in [0.2, 0.25) is 11.8 Å². The molecule has 4 rings (SSSR count). The van der Waals surface area contributed by atoms with Gasteiger partial charge in [-0.25, -0.2) is 8.42 Å². The lowest BCUT2D eigenvalue weighted by molar-refractivity contribution is -0.140. The van der Waals surface area contributed by atoms with E-state index in [0.29, 0.717) is 18.0 Å². The molecule has 0 aliphatic carbocycles. The SMILES string of the molecule is CCNC(=O)C(Cc1ccccc1)N(Cc1cccc(OC)c1)C(=O)CN(c1cccc(C)c1C)S(=O)(=O)c1ccc(C)cc1. The van der Waals surface area contributed by atoms with Crippen molar-refractivity contribution in [2.75, 3.05) is 24.5 Å². The minimum absolute atomic E-state index is 0.0654. The standard InChI is InChI=1S/C36H41N3O5S/c1-6-37-36(41)34(23-29-13-8-7-9-14-29)38(24-30-15-11-16-31(22-30)44-5)35(40)25-39(33-17-10-12-27(3)28(33)4)45(42,43)32-20-18-26(2)19-21-32/h7-22,34H,6,23-25H2,1-5H3,(H,37,41). The highest BCUT2D eigenvalue weighted by molar-refractivity contribution is 7.92. The zero-order valence-electron chi connectivity index (χ0n) is 26.5. The number of nitrogens with zero attached hydrogens (tertiary/aromatic N) is 2. The number of hydrogen-bond acceptors (Lipinski definition) is 5. The first-order valence-corrected chi connectivity index (χ1v) is 16.4. The molecule has 0 aliphatic heterocycles. The predicted octanol–water partition coefficient (Wildman–Crippen LogP) is 5.59. The van der Waals surface area contributed by atoms with Gasteiger partial charge in [0, 0.05) is 19.5 Å². The number of rotatable bonds is 13. The van der Waals surface area contributed by atoms with Crippen molar-refractivity contribution in [3.63, 3.8) is 0 Å². The first-order valence-electron chi connectivity index (χ1n) is 14.9. The van der Waals surface area contributed by atoms with E-state index in [9.17, 15) is 18.0 Å². The van der Waals surface area contributed by atoms with Crippen molar-refractivity contribution in [2.45, 2.75) is 51.6 Å². The zero-order valence-corrected chi connectivity index (χ0v) is 27.3. The van der Waals surface area contributed by atoms with Crippen LogP contribution in [-0.4, -0.2) is 51.4 Å². The van der Waals surface area contributed by atoms with Crippen LogP contribution in [0.4, 0.5) is 5.69 Å². The third kappa shape index (κ3) is 8.10. The molecule has 0 bridgehead atoms. The van der Waals surface area contributed by atoms with Gasteiger partial charge in [-0.1, -0.05) is 72.3 Å². The Kier molecular flexibility index (Phi) is 11.0. The summed E-state index contributed by atoms with van der Waals surface area (Å²) in [6, 6.07) is 27.8. The third-order valence-corrected chi connectivity index (χ3v) is 9.62. The highest BCUT2D eigenvalue weighted by Crippen LogP contribution is 2.29. The molecule has 0 heterocycles. The second kappa shape index (κ2) is 14.9. The Bertz CT molecular complexity index is 1720. The number of benzene rings is 4. The first-order chi connectivity index (χ1) is 21.5. The maximum Gasteiger partial charge on any atom is 0.264 e. The molecule has 0 radical (unpaired) electrons. The van der Waals surface area contributed by atoms with Gasteiger partial charge in [-0.05, 0) is 80.3 Å². The average Bonchev–Trinajstić information content (AvgIpc) is 3.03. The van der Waals surface area contributed by atoms with Crippen LogP contribution < -0.4 is 14.4 Å². The Morgan fingerprint density at radius 3 is 2.18 bits per heavy atom. The van der Waals surface area contributed by atoms with Crippen LogP contribution in [0.2, 0.25) is 0 Å². The number of amides is 2. The molecule has 0 saturated heterocycles. The van der Waals surface area contributed by atoms with E-state index in [1.807, 2.05) is 82.3 Å². The van der Waals surface area contributed by atoms with Gasteiger partial charge < -0.3 is 15.0 Å². The summed E-state index contributed by atoms with van der Waals surface area (Å²) in [5.74, 6) is -0.227. The smallest absolute Gasteiger partial charge is 0.264 e. The van der Waals surface area contributed by atoms with Gasteiger partial charge in [-0.3, -0.25) is 13.9 Å². The molecule has 236 valence electrons. The lowest BCUT2D eigenvalue weighted by Gasteiger charge is -2.34. The number of ether oxygens (including phenoxy) is 1. The van der Waals surface area contributed by atoms with Crippen LogP contribution in [0.1, 0.15) is 34.7 Å². The summed E-state index contributed by atoms with van der Waals surface area (Å²) in [6.07, 6.45) is 0.247. The molecule has 4 aromatic carbocycles. The van der Waals surface area contributed by atoms with Gasteiger partial charge >= 0.3 is 0 Å². The molecule has 45 heavy (non-hydrogen) atoms. The zero-order chi connectivity index (χ0) is 32.6. The van der Waals surface area contributed by atoms with Gasteiger partial charge in [0.05, 0.1) is 17.7 Å². The predicted molar refractivity (Wildman–Crippen MR) is 178 cm³/mol. The molecule has 0 saturated carbocycles. The van der Waals surface area contributed by atoms with Gasteiger partial charge in [-0.15, -0.1) is 0 Å². The summed E-state index contributed by atoms with van der Waals surface area (Å²) >= 11 is 0. The quantitative estimate of drug-likeness (QED) is 0.209. The number of anilines is 1. The lowest BCUT2D eigenvalue weighted by Crippen LogP contribution is -2.53. The highest BCUT2D eigenvalue weighted by atomic mass is 32.2. The maximum absolute atomic E-state index is 14.6. The van der Waals surface area contributed by atoms with E-state index < -0.39 is 28.5 Å². The minimum Gasteiger partial charge on any atom is -0.497 e. The fourth-order valence-corrected chi connectivity index (χ4v) is 6.64. The molecule has 1 atom stereocenters. The van der Waals surface area contributed by atoms with Gasteiger partial charge in [-0.2, -0.15) is 0 Å². The molecule has 1 N–H and O–H groups in total. The molecular formula is C36H41N3O5S. The van der Waals surface area contributed by atoms with Crippen molar-refractivity contribution >= 4 is 27.5 Å². The minimum atomic E-state index is -4.17. The molecule has 9 heteroatoms. The van der Waals surface area contributed by atoms with Crippen molar-refractivity contribution in [1.82, 2.24) is 10.2 Å². The molecule has 1 unspecified atom stereocenters. The van der Waals surface area contributed by atoms with Crippen LogP contribution in [0.3, 0.4) is 0 Å². The Hall–Kier alpha value is -4.63. The fourth-order valence-electron chi connectivity index (χ4n) is 5.17. The molecular weight excluding hydrogens is 586 g/mol. The maximum atomic E-state index is 14.6. The van der Waals surface area contributed by atoms with E-state index in [2.05, 4.69) is 5.32 Å². The van der Waals surface area contributed by atoms with Gasteiger partial charge in [0.25, 0.3) is 10.0 Å². The Balaban J connectivity index is 1.83. The lowest BCUT2D eigenvalue weighted by atomic mass is 10.0. The molecule has 0 aliphatic rings. The Morgan fingerprint density at radius 2 is 1.51 bits per heavy atom. The Labute approximate surface area is 266 Å². The first kappa shape index (κ1) is 33.3. The number of nitrogens with one attached hydrogen (secondary N) is 1. The van der Waals surface area contributed by atoms with Crippen molar-refractivity contribution in [3.05, 3.63) is 125 Å². The van der Waals surface area contributed by atoms with Crippen LogP contribution in [0.5, 0.6) is 5.75 Å². The van der Waals surface area contributed by atoms with Crippen molar-refractivity contribution in [2.24, 2.45) is 0 Å². The molecule has 8 nitrogen and oxygen atoms in total. The molecule has 2 amide bonds. The van der Waals surface area contributed by atoms with E-state index in [0.717, 1.165) is 32.1 Å². The summed E-state index contributed by atoms with van der Waals surface area (Å²) in [6.45, 7) is 7.38. The second-order valence-corrected chi connectivity index (χ2v) is 12.9. The monoisotopic (exact) mass is 627 g/mol. The summed E-state index contributed by atoms with van der Waals surface area (Å²) < 4.78 is 35.1. The van der Waals surface area contributed by atoms with Crippen LogP contribution >= 0.6 is 0 Å². The highest BCUT2D eigenvalue weighted by Gasteiger charge is 2.35. The number of likely N-dealkylation sites (N-methyl/N-ethyl adjacent to an activating group) is 1. The topological polar surface area (TPSA) is 96.0 Å². The van der Waals surface area contributed by atoms with Gasteiger partial charge in [0.1, 0.15) is 18.3 Å². The molecule has 0 spiro atoms. The number of sulfonamides is 1. The summed E-state index contributed by atoms with van der Waals surface area (Å²) in [4.78, 5) is 29.8. The molecule has 0 fully saturated rings. The molecule has 4 aromatic rings. The number of aryl methyl sites for hydroxylation is 2. The summed E-state index contributed by atoms with van der Waals surface area (Å²) in [5, 5.41) is 2.88. The van der Waals surface area contributed by atoms with Crippen molar-refractivity contribution in [1.29, 1.82) is 0 Å². The third-order valence-electron chi connectivity index (χ3n) is 7.84. The molecule has 0 aromatic heterocycles. The van der Waals surface area contributed by atoms with E-state index in [-0.39, 0.29) is 23.8 Å². The summed E-state index contributed by atoms with van der Waals surface area (Å²) in [5.41, 5.74) is 4.56. The van der Waals surface area contributed by atoms with Crippen LogP contribution in [0.15, 0.2) is 102 Å². The largest absolute Gasteiger partial charge is 0.497 e. The van der Waals surface area contributed by atoms with E-state index in [1.165, 1.54) is 4.90 Å². The van der Waals surface area contributed by atoms with E-state index >= 15 is 0 Å². The van der Waals surface area contributed by atoms with Crippen LogP contribution in [0.25, 0.3) is 0 Å². The van der Waals surface area contributed by atoms with Crippen molar-refractivity contribution < 1.29 is 22.7 Å². The van der Waals surface area contributed by atoms with Gasteiger partial charge in [0.15, 0.2) is 0 Å². The summed E-state index contributed by atoms with van der Waals surface area (Å²) in [7, 11) is -2.61. The number of hydrogen-bond donors (Lipinski definition) is 1. The van der Waals surface area contributed by atoms with E-state index in [4.69, 9.17) is 4.74 Å². The Morgan fingerprint density at radius 1 is 0.844 bits per heavy atom. The number of methoxy groups -OCH3 is 1.